The minimum Gasteiger partial charge on any atom is -0.384 e. The van der Waals surface area contributed by atoms with E-state index in [0.29, 0.717) is 11.6 Å². The fourth-order valence-corrected chi connectivity index (χ4v) is 1.93. The molecule has 2 N–H and O–H groups in total. The number of aromatic nitrogens is 2. The minimum atomic E-state index is 0.533. The Balaban J connectivity index is 2.55. The number of aryl methyl sites for hydroxylation is 3. The molecule has 0 aliphatic heterocycles. The first-order valence-corrected chi connectivity index (χ1v) is 5.80. The van der Waals surface area contributed by atoms with E-state index in [1.165, 1.54) is 11.1 Å². The van der Waals surface area contributed by atoms with Gasteiger partial charge in [-0.3, -0.25) is 0 Å². The molecular formula is C14H17N3. The largest absolute Gasteiger partial charge is 0.384 e. The lowest BCUT2D eigenvalue weighted by Crippen LogP contribution is -2.00. The van der Waals surface area contributed by atoms with Crippen LogP contribution in [0.2, 0.25) is 0 Å². The van der Waals surface area contributed by atoms with Crippen molar-refractivity contribution >= 4 is 5.82 Å². The highest BCUT2D eigenvalue weighted by molar-refractivity contribution is 5.59. The van der Waals surface area contributed by atoms with Crippen molar-refractivity contribution in [3.05, 3.63) is 41.1 Å². The molecular weight excluding hydrogens is 210 g/mol. The number of nitrogens with zero attached hydrogens (tertiary/aromatic N) is 2. The van der Waals surface area contributed by atoms with Crippen LogP contribution in [-0.2, 0) is 6.42 Å². The van der Waals surface area contributed by atoms with E-state index < -0.39 is 0 Å². The number of nitrogen functional groups attached to an aromatic ring is 1. The van der Waals surface area contributed by atoms with Gasteiger partial charge >= 0.3 is 0 Å². The zero-order valence-electron chi connectivity index (χ0n) is 10.5. The molecule has 88 valence electrons. The Morgan fingerprint density at radius 3 is 2.24 bits per heavy atom. The number of nitrogens with two attached hydrogens (primary N) is 1. The van der Waals surface area contributed by atoms with Gasteiger partial charge in [0.05, 0.1) is 0 Å². The first-order valence-electron chi connectivity index (χ1n) is 5.80. The van der Waals surface area contributed by atoms with Crippen molar-refractivity contribution in [1.82, 2.24) is 9.97 Å². The topological polar surface area (TPSA) is 51.8 Å². The van der Waals surface area contributed by atoms with Crippen LogP contribution in [0.3, 0.4) is 0 Å². The van der Waals surface area contributed by atoms with Crippen molar-refractivity contribution in [3.63, 3.8) is 0 Å². The van der Waals surface area contributed by atoms with Gasteiger partial charge in [0.1, 0.15) is 5.82 Å². The fourth-order valence-electron chi connectivity index (χ4n) is 1.93. The van der Waals surface area contributed by atoms with Gasteiger partial charge in [-0.25, -0.2) is 9.97 Å². The molecule has 0 bridgehead atoms. The normalized spacial score (nSPS) is 10.5. The van der Waals surface area contributed by atoms with Crippen LogP contribution in [0.5, 0.6) is 0 Å². The number of anilines is 1. The van der Waals surface area contributed by atoms with Gasteiger partial charge in [0, 0.05) is 17.3 Å². The van der Waals surface area contributed by atoms with Crippen LogP contribution in [-0.4, -0.2) is 9.97 Å². The van der Waals surface area contributed by atoms with Crippen molar-refractivity contribution in [1.29, 1.82) is 0 Å². The number of benzene rings is 1. The molecule has 0 saturated carbocycles. The van der Waals surface area contributed by atoms with E-state index in [1.54, 1.807) is 0 Å². The lowest BCUT2D eigenvalue weighted by molar-refractivity contribution is 1.01. The van der Waals surface area contributed by atoms with Gasteiger partial charge < -0.3 is 5.73 Å². The maximum absolute atomic E-state index is 5.80. The summed E-state index contributed by atoms with van der Waals surface area (Å²) < 4.78 is 0. The third-order valence-corrected chi connectivity index (χ3v) is 2.64. The SMILES string of the molecule is CCc1cc(N)nc(-c2cc(C)cc(C)c2)n1. The second-order valence-corrected chi connectivity index (χ2v) is 4.34. The van der Waals surface area contributed by atoms with Crippen LogP contribution in [0.4, 0.5) is 5.82 Å². The first-order chi connectivity index (χ1) is 8.08. The van der Waals surface area contributed by atoms with E-state index in [9.17, 15) is 0 Å². The predicted octanol–water partition coefficient (Wildman–Crippen LogP) is 2.91. The number of rotatable bonds is 2. The molecule has 1 aromatic carbocycles. The molecule has 0 unspecified atom stereocenters. The van der Waals surface area contributed by atoms with Gasteiger partial charge in [0.15, 0.2) is 5.82 Å². The molecule has 0 radical (unpaired) electrons. The summed E-state index contributed by atoms with van der Waals surface area (Å²) >= 11 is 0. The Bertz CT molecular complexity index is 527. The average molecular weight is 227 g/mol. The van der Waals surface area contributed by atoms with Gasteiger partial charge in [0.2, 0.25) is 0 Å². The van der Waals surface area contributed by atoms with Gasteiger partial charge in [-0.05, 0) is 32.4 Å². The van der Waals surface area contributed by atoms with Crippen LogP contribution in [0.15, 0.2) is 24.3 Å². The van der Waals surface area contributed by atoms with Gasteiger partial charge in [-0.1, -0.05) is 24.1 Å². The summed E-state index contributed by atoms with van der Waals surface area (Å²) in [6.07, 6.45) is 0.866. The summed E-state index contributed by atoms with van der Waals surface area (Å²) in [6.45, 7) is 6.21. The highest BCUT2D eigenvalue weighted by Crippen LogP contribution is 2.20. The third-order valence-electron chi connectivity index (χ3n) is 2.64. The summed E-state index contributed by atoms with van der Waals surface area (Å²) in [6, 6.07) is 8.13. The second kappa shape index (κ2) is 4.53. The molecule has 0 atom stereocenters. The van der Waals surface area contributed by atoms with E-state index in [2.05, 4.69) is 48.9 Å². The van der Waals surface area contributed by atoms with Crippen LogP contribution < -0.4 is 5.73 Å². The predicted molar refractivity (Wildman–Crippen MR) is 70.7 cm³/mol. The maximum Gasteiger partial charge on any atom is 0.161 e. The number of hydrogen-bond donors (Lipinski definition) is 1. The second-order valence-electron chi connectivity index (χ2n) is 4.34. The van der Waals surface area contributed by atoms with Gasteiger partial charge in [-0.2, -0.15) is 0 Å². The quantitative estimate of drug-likeness (QED) is 0.858. The molecule has 3 heteroatoms. The van der Waals surface area contributed by atoms with E-state index in [4.69, 9.17) is 5.73 Å². The Morgan fingerprint density at radius 2 is 1.65 bits per heavy atom. The minimum absolute atomic E-state index is 0.533. The molecule has 2 rings (SSSR count). The monoisotopic (exact) mass is 227 g/mol. The molecule has 0 saturated heterocycles. The molecule has 1 aromatic heterocycles. The standard InChI is InChI=1S/C14H17N3/c1-4-12-8-13(15)17-14(16-12)11-6-9(2)5-10(3)7-11/h5-8H,4H2,1-3H3,(H2,15,16,17). The molecule has 3 nitrogen and oxygen atoms in total. The average Bonchev–Trinajstić information content (AvgIpc) is 2.26. The van der Waals surface area contributed by atoms with E-state index in [0.717, 1.165) is 17.7 Å². The van der Waals surface area contributed by atoms with Crippen LogP contribution >= 0.6 is 0 Å². The van der Waals surface area contributed by atoms with Gasteiger partial charge in [-0.15, -0.1) is 0 Å². The fraction of sp³-hybridized carbons (Fsp3) is 0.286. The Hall–Kier alpha value is -1.90. The molecule has 0 fully saturated rings. The first kappa shape index (κ1) is 11.6. The van der Waals surface area contributed by atoms with Crippen molar-refractivity contribution in [2.45, 2.75) is 27.2 Å². The smallest absolute Gasteiger partial charge is 0.161 e. The molecule has 0 amide bonds. The van der Waals surface area contributed by atoms with Crippen LogP contribution in [0.1, 0.15) is 23.7 Å². The molecule has 0 spiro atoms. The molecule has 17 heavy (non-hydrogen) atoms. The molecule has 1 heterocycles. The van der Waals surface area contributed by atoms with Gasteiger partial charge in [0.25, 0.3) is 0 Å². The van der Waals surface area contributed by atoms with Crippen molar-refractivity contribution < 1.29 is 0 Å². The van der Waals surface area contributed by atoms with Crippen molar-refractivity contribution in [2.24, 2.45) is 0 Å². The Kier molecular flexibility index (Phi) is 3.09. The molecule has 2 aromatic rings. The zero-order chi connectivity index (χ0) is 12.4. The highest BCUT2D eigenvalue weighted by Gasteiger charge is 2.05. The van der Waals surface area contributed by atoms with Crippen molar-refractivity contribution in [3.8, 4) is 11.4 Å². The zero-order valence-corrected chi connectivity index (χ0v) is 10.5. The third kappa shape index (κ3) is 2.61. The summed E-state index contributed by atoms with van der Waals surface area (Å²) in [5.74, 6) is 1.25. The lowest BCUT2D eigenvalue weighted by Gasteiger charge is -2.06. The molecule has 0 aliphatic rings. The van der Waals surface area contributed by atoms with Crippen molar-refractivity contribution in [2.75, 3.05) is 5.73 Å². The summed E-state index contributed by atoms with van der Waals surface area (Å²) in [7, 11) is 0. The van der Waals surface area contributed by atoms with Crippen LogP contribution in [0, 0.1) is 13.8 Å². The van der Waals surface area contributed by atoms with E-state index >= 15 is 0 Å². The summed E-state index contributed by atoms with van der Waals surface area (Å²) in [5, 5.41) is 0. The van der Waals surface area contributed by atoms with E-state index in [1.807, 2.05) is 6.07 Å². The summed E-state index contributed by atoms with van der Waals surface area (Å²) in [4.78, 5) is 8.81. The number of hydrogen-bond acceptors (Lipinski definition) is 3. The summed E-state index contributed by atoms with van der Waals surface area (Å²) in [5.41, 5.74) is 10.2. The Labute approximate surface area is 102 Å². The lowest BCUT2D eigenvalue weighted by atomic mass is 10.1. The maximum atomic E-state index is 5.80. The van der Waals surface area contributed by atoms with E-state index in [-0.39, 0.29) is 0 Å². The molecule has 0 aliphatic carbocycles. The highest BCUT2D eigenvalue weighted by atomic mass is 14.9. The Morgan fingerprint density at radius 1 is 1.00 bits per heavy atom. The van der Waals surface area contributed by atoms with Crippen LogP contribution in [0.25, 0.3) is 11.4 Å².